The van der Waals surface area contributed by atoms with Crippen molar-refractivity contribution in [3.8, 4) is 6.07 Å². The van der Waals surface area contributed by atoms with E-state index >= 15 is 0 Å². The highest BCUT2D eigenvalue weighted by atomic mass is 31.2. The topological polar surface area (TPSA) is 52.9 Å². The maximum atomic E-state index is 12.3. The number of hydrogen-bond donors (Lipinski definition) is 1. The van der Waals surface area contributed by atoms with Crippen LogP contribution in [0.2, 0.25) is 0 Å². The number of aryl methyl sites for hydroxylation is 2. The molecule has 108 valence electrons. The molecule has 1 aromatic carbocycles. The third kappa shape index (κ3) is 4.05. The van der Waals surface area contributed by atoms with E-state index in [2.05, 4.69) is 31.9 Å². The second kappa shape index (κ2) is 6.86. The van der Waals surface area contributed by atoms with E-state index in [1.165, 1.54) is 0 Å². The molecule has 0 unspecified atom stereocenters. The SMILES string of the molecule is CC[P+](C)(CC)CC(=O)Nc1c(C)cc(C#N)cc1C. The molecule has 0 spiro atoms. The lowest BCUT2D eigenvalue weighted by Crippen LogP contribution is -2.21. The number of anilines is 1. The van der Waals surface area contributed by atoms with E-state index < -0.39 is 7.26 Å². The van der Waals surface area contributed by atoms with Crippen LogP contribution in [0.1, 0.15) is 30.5 Å². The van der Waals surface area contributed by atoms with E-state index in [0.29, 0.717) is 11.7 Å². The van der Waals surface area contributed by atoms with Crippen LogP contribution in [-0.4, -0.2) is 31.1 Å². The van der Waals surface area contributed by atoms with Gasteiger partial charge >= 0.3 is 0 Å². The molecule has 0 radical (unpaired) electrons. The largest absolute Gasteiger partial charge is 0.322 e. The molecule has 1 rings (SSSR count). The molecule has 1 N–H and O–H groups in total. The molecule has 0 bridgehead atoms. The van der Waals surface area contributed by atoms with Gasteiger partial charge in [-0.25, -0.2) is 0 Å². The highest BCUT2D eigenvalue weighted by molar-refractivity contribution is 7.75. The molecule has 3 nitrogen and oxygen atoms in total. The summed E-state index contributed by atoms with van der Waals surface area (Å²) < 4.78 is 0. The van der Waals surface area contributed by atoms with Crippen molar-refractivity contribution in [1.82, 2.24) is 0 Å². The van der Waals surface area contributed by atoms with Crippen LogP contribution in [0.25, 0.3) is 0 Å². The normalized spacial score (nSPS) is 11.0. The van der Waals surface area contributed by atoms with Crippen molar-refractivity contribution in [2.24, 2.45) is 0 Å². The number of nitriles is 1. The lowest BCUT2D eigenvalue weighted by molar-refractivity contribution is -0.113. The molecule has 0 saturated carbocycles. The fourth-order valence-corrected chi connectivity index (χ4v) is 3.86. The van der Waals surface area contributed by atoms with Crippen LogP contribution in [0.5, 0.6) is 0 Å². The zero-order valence-electron chi connectivity index (χ0n) is 13.1. The van der Waals surface area contributed by atoms with Crippen LogP contribution in [0, 0.1) is 25.2 Å². The summed E-state index contributed by atoms with van der Waals surface area (Å²) in [5.74, 6) is 0.0976. The van der Waals surface area contributed by atoms with E-state index in [1.807, 2.05) is 26.0 Å². The van der Waals surface area contributed by atoms with Gasteiger partial charge in [0.2, 0.25) is 0 Å². The highest BCUT2D eigenvalue weighted by Gasteiger charge is 2.30. The van der Waals surface area contributed by atoms with Crippen LogP contribution < -0.4 is 5.32 Å². The Labute approximate surface area is 122 Å². The Bertz CT molecular complexity index is 519. The quantitative estimate of drug-likeness (QED) is 0.839. The first-order chi connectivity index (χ1) is 9.35. The minimum absolute atomic E-state index is 0.0976. The Kier molecular flexibility index (Phi) is 5.72. The Morgan fingerprint density at radius 2 is 1.75 bits per heavy atom. The molecular weight excluding hydrogens is 267 g/mol. The third-order valence-electron chi connectivity index (χ3n) is 3.98. The minimum Gasteiger partial charge on any atom is -0.322 e. The van der Waals surface area contributed by atoms with Crippen molar-refractivity contribution in [2.75, 3.05) is 30.5 Å². The van der Waals surface area contributed by atoms with Gasteiger partial charge in [0.15, 0.2) is 0 Å². The van der Waals surface area contributed by atoms with E-state index in [4.69, 9.17) is 5.26 Å². The second-order valence-corrected chi connectivity index (χ2v) is 10.4. The summed E-state index contributed by atoms with van der Waals surface area (Å²) in [5.41, 5.74) is 3.39. The van der Waals surface area contributed by atoms with Crippen molar-refractivity contribution in [1.29, 1.82) is 5.26 Å². The van der Waals surface area contributed by atoms with Gasteiger partial charge in [-0.15, -0.1) is 0 Å². The van der Waals surface area contributed by atoms with E-state index in [0.717, 1.165) is 29.1 Å². The average molecular weight is 291 g/mol. The molecule has 1 aromatic rings. The number of hydrogen-bond acceptors (Lipinski definition) is 2. The van der Waals surface area contributed by atoms with E-state index in [9.17, 15) is 4.79 Å². The summed E-state index contributed by atoms with van der Waals surface area (Å²) in [6.45, 7) is 10.4. The maximum absolute atomic E-state index is 12.3. The van der Waals surface area contributed by atoms with Gasteiger partial charge in [-0.1, -0.05) is 0 Å². The van der Waals surface area contributed by atoms with Gasteiger partial charge in [-0.3, -0.25) is 4.79 Å². The predicted octanol–water partition coefficient (Wildman–Crippen LogP) is 3.80. The summed E-state index contributed by atoms with van der Waals surface area (Å²) in [7, 11) is -1.13. The lowest BCUT2D eigenvalue weighted by Gasteiger charge is -2.20. The summed E-state index contributed by atoms with van der Waals surface area (Å²) in [5, 5.41) is 12.0. The summed E-state index contributed by atoms with van der Waals surface area (Å²) >= 11 is 0. The Morgan fingerprint density at radius 3 is 2.15 bits per heavy atom. The molecule has 0 atom stereocenters. The molecular formula is C16H24N2OP+. The monoisotopic (exact) mass is 291 g/mol. The van der Waals surface area contributed by atoms with Crippen LogP contribution in [-0.2, 0) is 4.79 Å². The van der Waals surface area contributed by atoms with E-state index in [-0.39, 0.29) is 5.91 Å². The van der Waals surface area contributed by atoms with Gasteiger partial charge in [0.1, 0.15) is 6.16 Å². The fraction of sp³-hybridized carbons (Fsp3) is 0.500. The van der Waals surface area contributed by atoms with Crippen LogP contribution >= 0.6 is 7.26 Å². The predicted molar refractivity (Wildman–Crippen MR) is 88.1 cm³/mol. The number of nitrogens with zero attached hydrogens (tertiary/aromatic N) is 1. The summed E-state index contributed by atoms with van der Waals surface area (Å²) in [6, 6.07) is 5.77. The first-order valence-electron chi connectivity index (χ1n) is 7.00. The highest BCUT2D eigenvalue weighted by Crippen LogP contribution is 2.53. The Balaban J connectivity index is 2.90. The molecule has 0 fully saturated rings. The minimum atomic E-state index is -1.13. The van der Waals surface area contributed by atoms with Crippen molar-refractivity contribution < 1.29 is 4.79 Å². The Hall–Kier alpha value is -1.39. The molecule has 0 aromatic heterocycles. The number of carbonyl (C=O) groups excluding carboxylic acids is 1. The molecule has 0 heterocycles. The number of amides is 1. The number of rotatable bonds is 5. The van der Waals surface area contributed by atoms with Crippen molar-refractivity contribution in [2.45, 2.75) is 27.7 Å². The summed E-state index contributed by atoms with van der Waals surface area (Å²) in [4.78, 5) is 12.3. The van der Waals surface area contributed by atoms with Gasteiger partial charge in [-0.05, 0) is 51.0 Å². The zero-order chi connectivity index (χ0) is 15.3. The summed E-state index contributed by atoms with van der Waals surface area (Å²) in [6.07, 6.45) is 2.84. The van der Waals surface area contributed by atoms with E-state index in [1.54, 1.807) is 0 Å². The molecule has 0 aliphatic rings. The third-order valence-corrected chi connectivity index (χ3v) is 8.08. The smallest absolute Gasteiger partial charge is 0.261 e. The second-order valence-electron chi connectivity index (χ2n) is 5.56. The number of carbonyl (C=O) groups is 1. The molecule has 4 heteroatoms. The average Bonchev–Trinajstić information content (AvgIpc) is 2.42. The molecule has 20 heavy (non-hydrogen) atoms. The van der Waals surface area contributed by atoms with Crippen molar-refractivity contribution >= 4 is 18.9 Å². The van der Waals surface area contributed by atoms with Crippen LogP contribution in [0.15, 0.2) is 12.1 Å². The first kappa shape index (κ1) is 16.7. The standard InChI is InChI=1S/C16H23N2OP/c1-6-20(5,7-2)11-15(19)18-16-12(3)8-14(10-17)9-13(16)4/h8-9H,6-7,11H2,1-5H3/p+1. The zero-order valence-corrected chi connectivity index (χ0v) is 14.0. The lowest BCUT2D eigenvalue weighted by atomic mass is 10.0. The number of nitrogens with one attached hydrogen (secondary N) is 1. The van der Waals surface area contributed by atoms with Gasteiger partial charge in [0, 0.05) is 19.6 Å². The van der Waals surface area contributed by atoms with Gasteiger partial charge in [-0.2, -0.15) is 5.26 Å². The van der Waals surface area contributed by atoms with Gasteiger partial charge < -0.3 is 5.32 Å². The first-order valence-corrected chi connectivity index (χ1v) is 9.79. The maximum Gasteiger partial charge on any atom is 0.261 e. The number of benzene rings is 1. The molecule has 0 aliphatic heterocycles. The van der Waals surface area contributed by atoms with Crippen LogP contribution in [0.4, 0.5) is 5.69 Å². The van der Waals surface area contributed by atoms with Gasteiger partial charge in [0.05, 0.1) is 24.0 Å². The Morgan fingerprint density at radius 1 is 1.25 bits per heavy atom. The van der Waals surface area contributed by atoms with Crippen molar-refractivity contribution in [3.05, 3.63) is 28.8 Å². The van der Waals surface area contributed by atoms with Crippen molar-refractivity contribution in [3.63, 3.8) is 0 Å². The van der Waals surface area contributed by atoms with Crippen LogP contribution in [0.3, 0.4) is 0 Å². The van der Waals surface area contributed by atoms with Gasteiger partial charge in [0.25, 0.3) is 5.91 Å². The fourth-order valence-electron chi connectivity index (χ4n) is 2.20. The molecule has 1 amide bonds. The molecule has 0 saturated heterocycles. The molecule has 0 aliphatic carbocycles.